The normalized spacial score (nSPS) is 18.7. The van der Waals surface area contributed by atoms with Crippen LogP contribution in [0.5, 0.6) is 5.75 Å². The fourth-order valence-corrected chi connectivity index (χ4v) is 2.44. The number of piperazine rings is 1. The van der Waals surface area contributed by atoms with Gasteiger partial charge in [-0.15, -0.1) is 0 Å². The number of phenolic OH excluding ortho intramolecular Hbond substituents is 1. The number of phenols is 1. The fraction of sp³-hybridized carbons (Fsp3) is 0.538. The quantitative estimate of drug-likeness (QED) is 0.883. The second-order valence-electron chi connectivity index (χ2n) is 4.61. The van der Waals surface area contributed by atoms with Gasteiger partial charge in [0.1, 0.15) is 0 Å². The number of para-hydroxylation sites is 1. The van der Waals surface area contributed by atoms with Crippen molar-refractivity contribution in [2.45, 2.75) is 18.9 Å². The molecule has 1 saturated heterocycles. The Bertz CT molecular complexity index is 422. The number of alkyl halides is 2. The third kappa shape index (κ3) is 3.39. The number of nitrogens with zero attached hydrogens (tertiary/aromatic N) is 1. The molecule has 106 valence electrons. The van der Waals surface area contributed by atoms with E-state index in [9.17, 15) is 18.3 Å². The van der Waals surface area contributed by atoms with Gasteiger partial charge in [0.05, 0.1) is 0 Å². The molecule has 3 nitrogen and oxygen atoms in total. The zero-order valence-corrected chi connectivity index (χ0v) is 10.5. The molecule has 6 heteroatoms. The van der Waals surface area contributed by atoms with Crippen molar-refractivity contribution in [3.63, 3.8) is 0 Å². The molecule has 0 aliphatic carbocycles. The van der Waals surface area contributed by atoms with Gasteiger partial charge in [-0.1, -0.05) is 12.1 Å². The van der Waals surface area contributed by atoms with E-state index < -0.39 is 30.5 Å². The van der Waals surface area contributed by atoms with E-state index in [4.69, 9.17) is 0 Å². The largest absolute Gasteiger partial charge is 0.505 e. The maximum atomic E-state index is 13.4. The highest BCUT2D eigenvalue weighted by Crippen LogP contribution is 2.34. The van der Waals surface area contributed by atoms with Gasteiger partial charge in [0.2, 0.25) is 6.43 Å². The van der Waals surface area contributed by atoms with Crippen LogP contribution in [-0.2, 0) is 0 Å². The Morgan fingerprint density at radius 2 is 1.95 bits per heavy atom. The van der Waals surface area contributed by atoms with Crippen LogP contribution in [0.2, 0.25) is 0 Å². The number of rotatable bonds is 4. The Morgan fingerprint density at radius 3 is 2.58 bits per heavy atom. The van der Waals surface area contributed by atoms with Crippen LogP contribution in [0.15, 0.2) is 18.2 Å². The second-order valence-corrected chi connectivity index (χ2v) is 4.61. The van der Waals surface area contributed by atoms with E-state index in [0.717, 1.165) is 6.07 Å². The van der Waals surface area contributed by atoms with Gasteiger partial charge in [-0.3, -0.25) is 4.90 Å². The monoisotopic (exact) mass is 274 g/mol. The van der Waals surface area contributed by atoms with Gasteiger partial charge in [-0.05, 0) is 6.07 Å². The van der Waals surface area contributed by atoms with Gasteiger partial charge in [-0.2, -0.15) is 0 Å². The second kappa shape index (κ2) is 6.25. The summed E-state index contributed by atoms with van der Waals surface area (Å²) in [4.78, 5) is 1.86. The molecule has 1 aromatic rings. The van der Waals surface area contributed by atoms with Crippen LogP contribution in [0.1, 0.15) is 18.0 Å². The molecule has 0 saturated carbocycles. The van der Waals surface area contributed by atoms with Gasteiger partial charge in [0.15, 0.2) is 11.6 Å². The van der Waals surface area contributed by atoms with Crippen molar-refractivity contribution in [3.8, 4) is 5.75 Å². The molecule has 0 bridgehead atoms. The van der Waals surface area contributed by atoms with E-state index in [0.29, 0.717) is 26.2 Å². The predicted molar refractivity (Wildman–Crippen MR) is 65.9 cm³/mol. The summed E-state index contributed by atoms with van der Waals surface area (Å²) in [5.41, 5.74) is 0.238. The molecule has 1 heterocycles. The molecule has 0 radical (unpaired) electrons. The Morgan fingerprint density at radius 1 is 1.26 bits per heavy atom. The first-order valence-electron chi connectivity index (χ1n) is 6.30. The molecule has 1 aliphatic heterocycles. The minimum Gasteiger partial charge on any atom is -0.505 e. The molecule has 2 N–H and O–H groups in total. The summed E-state index contributed by atoms with van der Waals surface area (Å²) in [5.74, 6) is -1.29. The zero-order chi connectivity index (χ0) is 13.8. The van der Waals surface area contributed by atoms with Gasteiger partial charge >= 0.3 is 0 Å². The summed E-state index contributed by atoms with van der Waals surface area (Å²) in [7, 11) is 0. The molecule has 0 amide bonds. The van der Waals surface area contributed by atoms with Gasteiger partial charge < -0.3 is 10.4 Å². The van der Waals surface area contributed by atoms with E-state index in [1.54, 1.807) is 0 Å². The summed E-state index contributed by atoms with van der Waals surface area (Å²) in [6.07, 6.45) is -2.90. The standard InChI is InChI=1S/C13H17F3N2O/c14-10-3-1-2-9(13(10)19)11(8-12(15)16)18-6-4-17-5-7-18/h1-3,11-12,17,19H,4-8H2/t11-/m1/s1. The van der Waals surface area contributed by atoms with Crippen LogP contribution < -0.4 is 5.32 Å². The average molecular weight is 274 g/mol. The number of nitrogens with one attached hydrogen (secondary N) is 1. The number of hydrogen-bond donors (Lipinski definition) is 2. The molecule has 1 fully saturated rings. The maximum absolute atomic E-state index is 13.4. The lowest BCUT2D eigenvalue weighted by Gasteiger charge is -2.35. The van der Waals surface area contributed by atoms with Crippen LogP contribution in [-0.4, -0.2) is 42.6 Å². The third-order valence-electron chi connectivity index (χ3n) is 3.37. The Balaban J connectivity index is 2.27. The molecule has 0 unspecified atom stereocenters. The summed E-state index contributed by atoms with van der Waals surface area (Å²) in [6.45, 7) is 2.62. The molecule has 1 aromatic carbocycles. The highest BCUT2D eigenvalue weighted by molar-refractivity contribution is 5.36. The molecule has 1 atom stereocenters. The molecule has 2 rings (SSSR count). The summed E-state index contributed by atoms with van der Waals surface area (Å²) in [5, 5.41) is 12.9. The first-order valence-corrected chi connectivity index (χ1v) is 6.30. The molecule has 0 aromatic heterocycles. The summed E-state index contributed by atoms with van der Waals surface area (Å²) < 4.78 is 38.9. The zero-order valence-electron chi connectivity index (χ0n) is 10.5. The average Bonchev–Trinajstić information content (AvgIpc) is 2.40. The topological polar surface area (TPSA) is 35.5 Å². The SMILES string of the molecule is Oc1c(F)cccc1[C@@H](CC(F)F)N1CCNCC1. The third-order valence-corrected chi connectivity index (χ3v) is 3.37. The van der Waals surface area contributed by atoms with Gasteiger partial charge in [-0.25, -0.2) is 13.2 Å². The summed E-state index contributed by atoms with van der Waals surface area (Å²) in [6, 6.07) is 3.41. The minimum absolute atomic E-state index is 0.238. The lowest BCUT2D eigenvalue weighted by molar-refractivity contribution is 0.0727. The van der Waals surface area contributed by atoms with E-state index in [-0.39, 0.29) is 5.56 Å². The number of benzene rings is 1. The van der Waals surface area contributed by atoms with Crippen LogP contribution >= 0.6 is 0 Å². The Kier molecular flexibility index (Phi) is 4.66. The molecule has 1 aliphatic rings. The highest BCUT2D eigenvalue weighted by Gasteiger charge is 2.28. The van der Waals surface area contributed by atoms with E-state index in [1.807, 2.05) is 4.90 Å². The predicted octanol–water partition coefficient (Wildman–Crippen LogP) is 2.13. The molecular weight excluding hydrogens is 257 g/mol. The van der Waals surface area contributed by atoms with Gasteiger partial charge in [0.25, 0.3) is 0 Å². The first-order chi connectivity index (χ1) is 9.09. The van der Waals surface area contributed by atoms with Crippen molar-refractivity contribution in [3.05, 3.63) is 29.6 Å². The van der Waals surface area contributed by atoms with Crippen molar-refractivity contribution in [2.75, 3.05) is 26.2 Å². The van der Waals surface area contributed by atoms with Gasteiger partial charge in [0, 0.05) is 44.2 Å². The first kappa shape index (κ1) is 14.1. The van der Waals surface area contributed by atoms with Crippen molar-refractivity contribution in [1.82, 2.24) is 10.2 Å². The van der Waals surface area contributed by atoms with Crippen LogP contribution in [0.25, 0.3) is 0 Å². The van der Waals surface area contributed by atoms with Crippen LogP contribution in [0, 0.1) is 5.82 Å². The van der Waals surface area contributed by atoms with Crippen LogP contribution in [0.3, 0.4) is 0 Å². The molecular formula is C13H17F3N2O. The number of halogens is 3. The smallest absolute Gasteiger partial charge is 0.240 e. The Hall–Kier alpha value is -1.27. The molecule has 19 heavy (non-hydrogen) atoms. The fourth-order valence-electron chi connectivity index (χ4n) is 2.44. The number of aromatic hydroxyl groups is 1. The van der Waals surface area contributed by atoms with Crippen molar-refractivity contribution >= 4 is 0 Å². The van der Waals surface area contributed by atoms with Crippen LogP contribution in [0.4, 0.5) is 13.2 Å². The number of hydrogen-bond acceptors (Lipinski definition) is 3. The summed E-state index contributed by atoms with van der Waals surface area (Å²) >= 11 is 0. The Labute approximate surface area is 110 Å². The van der Waals surface area contributed by atoms with E-state index in [2.05, 4.69) is 5.32 Å². The van der Waals surface area contributed by atoms with Crippen molar-refractivity contribution < 1.29 is 18.3 Å². The highest BCUT2D eigenvalue weighted by atomic mass is 19.3. The van der Waals surface area contributed by atoms with E-state index in [1.165, 1.54) is 12.1 Å². The maximum Gasteiger partial charge on any atom is 0.240 e. The lowest BCUT2D eigenvalue weighted by atomic mass is 10.00. The van der Waals surface area contributed by atoms with Crippen molar-refractivity contribution in [2.24, 2.45) is 0 Å². The van der Waals surface area contributed by atoms with E-state index >= 15 is 0 Å². The molecule has 0 spiro atoms. The lowest BCUT2D eigenvalue weighted by Crippen LogP contribution is -2.45. The van der Waals surface area contributed by atoms with Crippen molar-refractivity contribution in [1.29, 1.82) is 0 Å². The minimum atomic E-state index is -2.50.